The molecule has 3 fully saturated rings. The number of hydrogen-bond donors (Lipinski definition) is 2. The maximum absolute atomic E-state index is 13.7. The van der Waals surface area contributed by atoms with Gasteiger partial charge in [-0.3, -0.25) is 14.9 Å². The minimum absolute atomic E-state index is 0.0432. The van der Waals surface area contributed by atoms with Crippen LogP contribution >= 0.6 is 0 Å². The van der Waals surface area contributed by atoms with Crippen LogP contribution in [-0.2, 0) is 9.59 Å². The first-order valence-electron chi connectivity index (χ1n) is 10.9. The van der Waals surface area contributed by atoms with Crippen LogP contribution in [0.1, 0.15) is 20.3 Å². The van der Waals surface area contributed by atoms with Crippen molar-refractivity contribution in [3.8, 4) is 0 Å². The molecule has 4 amide bonds. The van der Waals surface area contributed by atoms with Gasteiger partial charge in [0.25, 0.3) is 5.91 Å². The first-order chi connectivity index (χ1) is 15.1. The van der Waals surface area contributed by atoms with Gasteiger partial charge in [0.05, 0.1) is 0 Å². The molecule has 0 bridgehead atoms. The largest absolute Gasteiger partial charge is 0.365 e. The van der Waals surface area contributed by atoms with Gasteiger partial charge in [0.2, 0.25) is 5.91 Å². The van der Waals surface area contributed by atoms with E-state index in [0.29, 0.717) is 38.4 Å². The number of anilines is 1. The number of nitrogens with zero attached hydrogens (tertiary/aromatic N) is 3. The summed E-state index contributed by atoms with van der Waals surface area (Å²) >= 11 is 0. The number of halogens is 2. The van der Waals surface area contributed by atoms with E-state index < -0.39 is 29.1 Å². The fraction of sp³-hybridized carbons (Fsp3) is 0.591. The lowest BCUT2D eigenvalue weighted by molar-refractivity contribution is -0.138. The van der Waals surface area contributed by atoms with Crippen molar-refractivity contribution in [1.29, 1.82) is 0 Å². The Balaban J connectivity index is 1.42. The van der Waals surface area contributed by atoms with Crippen LogP contribution in [0.2, 0.25) is 0 Å². The van der Waals surface area contributed by atoms with Gasteiger partial charge in [-0.1, -0.05) is 6.92 Å². The van der Waals surface area contributed by atoms with Gasteiger partial charge in [0.1, 0.15) is 5.54 Å². The molecular formula is C22H29F2N5O3. The number of urea groups is 1. The molecule has 3 saturated heterocycles. The number of imide groups is 1. The number of amides is 4. The smallest absolute Gasteiger partial charge is 0.322 e. The fourth-order valence-corrected chi connectivity index (χ4v) is 5.20. The number of carbonyl (C=O) groups is 3. The normalized spacial score (nSPS) is 27.7. The number of nitrogens with one attached hydrogen (secondary N) is 2. The third-order valence-corrected chi connectivity index (χ3v) is 6.95. The number of likely N-dealkylation sites (tertiary alicyclic amines) is 1. The molecule has 174 valence electrons. The Morgan fingerprint density at radius 3 is 2.47 bits per heavy atom. The van der Waals surface area contributed by atoms with E-state index in [9.17, 15) is 23.2 Å². The van der Waals surface area contributed by atoms with Crippen molar-refractivity contribution in [2.45, 2.75) is 31.8 Å². The maximum atomic E-state index is 13.7. The van der Waals surface area contributed by atoms with Crippen molar-refractivity contribution in [3.63, 3.8) is 0 Å². The minimum atomic E-state index is -1.07. The van der Waals surface area contributed by atoms with Crippen LogP contribution in [-0.4, -0.2) is 79.0 Å². The van der Waals surface area contributed by atoms with Crippen molar-refractivity contribution in [1.82, 2.24) is 20.4 Å². The zero-order valence-electron chi connectivity index (χ0n) is 18.5. The highest BCUT2D eigenvalue weighted by Gasteiger charge is 2.56. The zero-order chi connectivity index (χ0) is 23.2. The summed E-state index contributed by atoms with van der Waals surface area (Å²) in [5.41, 5.74) is -0.493. The molecule has 1 aromatic carbocycles. The predicted octanol–water partition coefficient (Wildman–Crippen LogP) is 1.17. The quantitative estimate of drug-likeness (QED) is 0.660. The highest BCUT2D eigenvalue weighted by Crippen LogP contribution is 2.35. The second kappa shape index (κ2) is 8.31. The Hall–Kier alpha value is -2.75. The van der Waals surface area contributed by atoms with Crippen LogP contribution in [0.4, 0.5) is 19.3 Å². The second-order valence-corrected chi connectivity index (χ2v) is 9.33. The standard InChI is InChI=1S/C22H29F2N5O3/c1-13(9-22(15-11-27(3)12-15)20(31)25-21(32)26-22)19(30)28-6-7-29(14(2)10-28)16-4-5-17(23)18(24)8-16/h4-5,8,13-15H,6-7,9-12H2,1-3H3,(H2,25,26,31,32)/t13?,14-,22?/m0/s1. The molecule has 3 aliphatic rings. The van der Waals surface area contributed by atoms with Gasteiger partial charge >= 0.3 is 6.03 Å². The average molecular weight is 450 g/mol. The number of carbonyl (C=O) groups excluding carboxylic acids is 3. The molecule has 0 radical (unpaired) electrons. The summed E-state index contributed by atoms with van der Waals surface area (Å²) in [6.07, 6.45) is 0.236. The zero-order valence-corrected chi connectivity index (χ0v) is 18.5. The van der Waals surface area contributed by atoms with Crippen molar-refractivity contribution in [2.75, 3.05) is 44.7 Å². The van der Waals surface area contributed by atoms with E-state index in [4.69, 9.17) is 0 Å². The van der Waals surface area contributed by atoms with Crippen LogP contribution in [0.5, 0.6) is 0 Å². The van der Waals surface area contributed by atoms with E-state index in [-0.39, 0.29) is 30.2 Å². The third-order valence-electron chi connectivity index (χ3n) is 6.95. The Morgan fingerprint density at radius 1 is 1.19 bits per heavy atom. The van der Waals surface area contributed by atoms with Crippen LogP contribution in [0, 0.1) is 23.5 Å². The number of piperazine rings is 1. The van der Waals surface area contributed by atoms with Crippen molar-refractivity contribution >= 4 is 23.5 Å². The molecule has 0 aliphatic carbocycles. The predicted molar refractivity (Wildman–Crippen MR) is 114 cm³/mol. The lowest BCUT2D eigenvalue weighted by atomic mass is 9.73. The Morgan fingerprint density at radius 2 is 1.91 bits per heavy atom. The van der Waals surface area contributed by atoms with Crippen molar-refractivity contribution in [3.05, 3.63) is 29.8 Å². The van der Waals surface area contributed by atoms with E-state index in [1.165, 1.54) is 12.1 Å². The summed E-state index contributed by atoms with van der Waals surface area (Å²) in [7, 11) is 1.95. The molecule has 4 rings (SSSR count). The van der Waals surface area contributed by atoms with Crippen molar-refractivity contribution in [2.24, 2.45) is 11.8 Å². The Labute approximate surface area is 185 Å². The van der Waals surface area contributed by atoms with E-state index in [0.717, 1.165) is 6.07 Å². The minimum Gasteiger partial charge on any atom is -0.365 e. The van der Waals surface area contributed by atoms with Gasteiger partial charge in [-0.2, -0.15) is 0 Å². The van der Waals surface area contributed by atoms with Crippen molar-refractivity contribution < 1.29 is 23.2 Å². The fourth-order valence-electron chi connectivity index (χ4n) is 5.20. The van der Waals surface area contributed by atoms with Crippen LogP contribution in [0.25, 0.3) is 0 Å². The van der Waals surface area contributed by atoms with E-state index >= 15 is 0 Å². The molecule has 3 atom stereocenters. The molecule has 0 spiro atoms. The third kappa shape index (κ3) is 3.92. The summed E-state index contributed by atoms with van der Waals surface area (Å²) in [6, 6.07) is 3.21. The van der Waals surface area contributed by atoms with Crippen LogP contribution in [0.15, 0.2) is 18.2 Å². The van der Waals surface area contributed by atoms with Crippen LogP contribution in [0.3, 0.4) is 0 Å². The topological polar surface area (TPSA) is 85.0 Å². The molecule has 2 N–H and O–H groups in total. The summed E-state index contributed by atoms with van der Waals surface area (Å²) in [6.45, 7) is 6.43. The lowest BCUT2D eigenvalue weighted by Crippen LogP contribution is -2.65. The van der Waals surface area contributed by atoms with E-state index in [2.05, 4.69) is 15.5 Å². The summed E-state index contributed by atoms with van der Waals surface area (Å²) < 4.78 is 26.9. The van der Waals surface area contributed by atoms with Gasteiger partial charge in [0, 0.05) is 62.4 Å². The number of rotatable bonds is 5. The van der Waals surface area contributed by atoms with E-state index in [1.807, 2.05) is 18.9 Å². The molecule has 32 heavy (non-hydrogen) atoms. The van der Waals surface area contributed by atoms with Gasteiger partial charge < -0.3 is 20.0 Å². The molecule has 3 aliphatic heterocycles. The molecule has 2 unspecified atom stereocenters. The first kappa shape index (κ1) is 22.4. The molecule has 0 aromatic heterocycles. The highest BCUT2D eigenvalue weighted by molar-refractivity contribution is 6.07. The second-order valence-electron chi connectivity index (χ2n) is 9.33. The van der Waals surface area contributed by atoms with Gasteiger partial charge in [0.15, 0.2) is 11.6 Å². The monoisotopic (exact) mass is 449 g/mol. The molecule has 8 nitrogen and oxygen atoms in total. The Bertz CT molecular complexity index is 938. The molecule has 0 saturated carbocycles. The van der Waals surface area contributed by atoms with Gasteiger partial charge in [-0.25, -0.2) is 13.6 Å². The lowest BCUT2D eigenvalue weighted by Gasteiger charge is -2.47. The Kier molecular flexibility index (Phi) is 5.83. The molecule has 10 heteroatoms. The molecule has 1 aromatic rings. The average Bonchev–Trinajstić information content (AvgIpc) is 3.00. The maximum Gasteiger partial charge on any atom is 0.322 e. The first-order valence-corrected chi connectivity index (χ1v) is 10.9. The van der Waals surface area contributed by atoms with E-state index in [1.54, 1.807) is 11.8 Å². The number of benzene rings is 1. The van der Waals surface area contributed by atoms with Crippen LogP contribution < -0.4 is 15.5 Å². The number of hydrogen-bond acceptors (Lipinski definition) is 5. The summed E-state index contributed by atoms with van der Waals surface area (Å²) in [4.78, 5) is 43.6. The van der Waals surface area contributed by atoms with Gasteiger partial charge in [-0.15, -0.1) is 0 Å². The summed E-state index contributed by atoms with van der Waals surface area (Å²) in [5, 5.41) is 5.14. The van der Waals surface area contributed by atoms with Gasteiger partial charge in [-0.05, 0) is 32.5 Å². The highest BCUT2D eigenvalue weighted by atomic mass is 19.2. The molecule has 3 heterocycles. The summed E-state index contributed by atoms with van der Waals surface area (Å²) in [5.74, 6) is -2.74. The SMILES string of the molecule is CC(CC1(C2CN(C)C2)NC(=O)NC1=O)C(=O)N1CCN(c2ccc(F)c(F)c2)[C@@H](C)C1. The molecular weight excluding hydrogens is 420 g/mol.